The zero-order valence-corrected chi connectivity index (χ0v) is 12.1. The second-order valence-electron chi connectivity index (χ2n) is 4.20. The highest BCUT2D eigenvalue weighted by Crippen LogP contribution is 2.38. The lowest BCUT2D eigenvalue weighted by molar-refractivity contribution is -0.138. The van der Waals surface area contributed by atoms with Gasteiger partial charge in [-0.2, -0.15) is 13.2 Å². The standard InChI is InChI=1S/C12H14ClF4NO.ClH/c1-2-3-8(19)11(18)9-6(12(15,16)17)4-5-7(13)10(9)14;/h4-5,8,11,19H,2-3,18H2,1H3;1H/t8-,11-;/m1./s1. The van der Waals surface area contributed by atoms with Crippen LogP contribution in [0.3, 0.4) is 0 Å². The monoisotopic (exact) mass is 335 g/mol. The summed E-state index contributed by atoms with van der Waals surface area (Å²) < 4.78 is 52.3. The van der Waals surface area contributed by atoms with Gasteiger partial charge in [-0.1, -0.05) is 24.9 Å². The van der Waals surface area contributed by atoms with E-state index < -0.39 is 40.3 Å². The molecule has 1 aromatic rings. The van der Waals surface area contributed by atoms with E-state index in [0.717, 1.165) is 6.07 Å². The maximum Gasteiger partial charge on any atom is 0.416 e. The summed E-state index contributed by atoms with van der Waals surface area (Å²) in [5.74, 6) is -1.24. The molecule has 2 atom stereocenters. The summed E-state index contributed by atoms with van der Waals surface area (Å²) in [6.45, 7) is 1.73. The summed E-state index contributed by atoms with van der Waals surface area (Å²) in [5.41, 5.74) is 3.54. The lowest BCUT2D eigenvalue weighted by Gasteiger charge is -2.23. The second-order valence-corrected chi connectivity index (χ2v) is 4.61. The normalized spacial score (nSPS) is 14.6. The van der Waals surface area contributed by atoms with Crippen molar-refractivity contribution in [2.75, 3.05) is 0 Å². The van der Waals surface area contributed by atoms with Crippen molar-refractivity contribution in [3.05, 3.63) is 34.1 Å². The Morgan fingerprint density at radius 3 is 2.35 bits per heavy atom. The molecule has 0 aliphatic rings. The van der Waals surface area contributed by atoms with E-state index in [4.69, 9.17) is 17.3 Å². The minimum absolute atomic E-state index is 0. The van der Waals surface area contributed by atoms with Gasteiger partial charge < -0.3 is 10.8 Å². The van der Waals surface area contributed by atoms with Crippen molar-refractivity contribution in [3.8, 4) is 0 Å². The fraction of sp³-hybridized carbons (Fsp3) is 0.500. The van der Waals surface area contributed by atoms with Crippen molar-refractivity contribution >= 4 is 24.0 Å². The Morgan fingerprint density at radius 2 is 1.90 bits per heavy atom. The number of benzene rings is 1. The number of rotatable bonds is 4. The zero-order chi connectivity index (χ0) is 14.8. The number of hydrogen-bond acceptors (Lipinski definition) is 2. The van der Waals surface area contributed by atoms with Crippen molar-refractivity contribution < 1.29 is 22.7 Å². The third kappa shape index (κ3) is 4.22. The van der Waals surface area contributed by atoms with E-state index in [2.05, 4.69) is 0 Å². The molecule has 0 heterocycles. The molecule has 1 rings (SSSR count). The predicted molar refractivity (Wildman–Crippen MR) is 71.5 cm³/mol. The predicted octanol–water partition coefficient (Wildman–Crippen LogP) is 4.08. The minimum Gasteiger partial charge on any atom is -0.391 e. The van der Waals surface area contributed by atoms with Gasteiger partial charge in [0.1, 0.15) is 5.82 Å². The van der Waals surface area contributed by atoms with Gasteiger partial charge in [0.25, 0.3) is 0 Å². The molecule has 0 unspecified atom stereocenters. The van der Waals surface area contributed by atoms with Crippen LogP contribution in [0.25, 0.3) is 0 Å². The van der Waals surface area contributed by atoms with Gasteiger partial charge in [0.05, 0.1) is 22.7 Å². The Balaban J connectivity index is 0.00000361. The number of aliphatic hydroxyl groups excluding tert-OH is 1. The van der Waals surface area contributed by atoms with Crippen LogP contribution in [0, 0.1) is 5.82 Å². The van der Waals surface area contributed by atoms with E-state index in [1.54, 1.807) is 6.92 Å². The van der Waals surface area contributed by atoms with Crippen LogP contribution >= 0.6 is 24.0 Å². The quantitative estimate of drug-likeness (QED) is 0.814. The second kappa shape index (κ2) is 7.45. The molecule has 0 amide bonds. The molecule has 8 heteroatoms. The number of alkyl halides is 3. The van der Waals surface area contributed by atoms with Gasteiger partial charge >= 0.3 is 6.18 Å². The van der Waals surface area contributed by atoms with Gasteiger partial charge in [-0.25, -0.2) is 4.39 Å². The maximum atomic E-state index is 13.8. The van der Waals surface area contributed by atoms with Gasteiger partial charge in [-0.05, 0) is 18.6 Å². The molecule has 1 aromatic carbocycles. The molecule has 0 spiro atoms. The van der Waals surface area contributed by atoms with Crippen molar-refractivity contribution in [2.24, 2.45) is 5.73 Å². The molecule has 2 nitrogen and oxygen atoms in total. The Labute approximate surface area is 125 Å². The number of hydrogen-bond donors (Lipinski definition) is 2. The summed E-state index contributed by atoms with van der Waals surface area (Å²) in [5, 5.41) is 9.22. The molecule has 0 aromatic heterocycles. The molecule has 20 heavy (non-hydrogen) atoms. The maximum absolute atomic E-state index is 13.8. The highest BCUT2D eigenvalue weighted by molar-refractivity contribution is 6.30. The molecule has 0 bridgehead atoms. The summed E-state index contributed by atoms with van der Waals surface area (Å²) in [7, 11) is 0. The molecule has 0 saturated heterocycles. The van der Waals surface area contributed by atoms with E-state index in [1.807, 2.05) is 0 Å². The van der Waals surface area contributed by atoms with E-state index in [-0.39, 0.29) is 18.8 Å². The van der Waals surface area contributed by atoms with E-state index in [0.29, 0.717) is 12.5 Å². The summed E-state index contributed by atoms with van der Waals surface area (Å²) in [6.07, 6.45) is -5.34. The Morgan fingerprint density at radius 1 is 1.35 bits per heavy atom. The van der Waals surface area contributed by atoms with Crippen LogP contribution in [0.2, 0.25) is 5.02 Å². The lowest BCUT2D eigenvalue weighted by atomic mass is 9.94. The first-order valence-corrected chi connectivity index (χ1v) is 6.06. The van der Waals surface area contributed by atoms with Gasteiger partial charge in [0.2, 0.25) is 0 Å². The van der Waals surface area contributed by atoms with Crippen LogP contribution in [0.4, 0.5) is 17.6 Å². The molecule has 116 valence electrons. The average molecular weight is 336 g/mol. The van der Waals surface area contributed by atoms with Gasteiger partial charge in [0.15, 0.2) is 0 Å². The molecular formula is C12H15Cl2F4NO. The lowest BCUT2D eigenvalue weighted by Crippen LogP contribution is -2.29. The summed E-state index contributed by atoms with van der Waals surface area (Å²) in [6, 6.07) is 0.0109. The van der Waals surface area contributed by atoms with Crippen LogP contribution in [0.5, 0.6) is 0 Å². The highest BCUT2D eigenvalue weighted by Gasteiger charge is 2.38. The van der Waals surface area contributed by atoms with Crippen LogP contribution in [-0.4, -0.2) is 11.2 Å². The molecule has 0 aliphatic carbocycles. The third-order valence-corrected chi connectivity index (χ3v) is 3.06. The van der Waals surface area contributed by atoms with Gasteiger partial charge in [-0.15, -0.1) is 12.4 Å². The van der Waals surface area contributed by atoms with Crippen molar-refractivity contribution in [2.45, 2.75) is 38.1 Å². The van der Waals surface area contributed by atoms with Crippen LogP contribution in [-0.2, 0) is 6.18 Å². The topological polar surface area (TPSA) is 46.2 Å². The average Bonchev–Trinajstić information content (AvgIpc) is 2.30. The minimum atomic E-state index is -4.76. The van der Waals surface area contributed by atoms with Crippen LogP contribution in [0.1, 0.15) is 36.9 Å². The summed E-state index contributed by atoms with van der Waals surface area (Å²) >= 11 is 5.48. The van der Waals surface area contributed by atoms with Crippen molar-refractivity contribution in [3.63, 3.8) is 0 Å². The van der Waals surface area contributed by atoms with Crippen LogP contribution < -0.4 is 5.73 Å². The molecule has 0 aliphatic heterocycles. The van der Waals surface area contributed by atoms with Crippen LogP contribution in [0.15, 0.2) is 12.1 Å². The van der Waals surface area contributed by atoms with E-state index in [9.17, 15) is 22.7 Å². The van der Waals surface area contributed by atoms with Gasteiger partial charge in [-0.3, -0.25) is 0 Å². The van der Waals surface area contributed by atoms with Crippen molar-refractivity contribution in [1.29, 1.82) is 0 Å². The largest absolute Gasteiger partial charge is 0.416 e. The Kier molecular flexibility index (Phi) is 7.24. The van der Waals surface area contributed by atoms with E-state index in [1.165, 1.54) is 0 Å². The smallest absolute Gasteiger partial charge is 0.391 e. The van der Waals surface area contributed by atoms with Crippen molar-refractivity contribution in [1.82, 2.24) is 0 Å². The third-order valence-electron chi connectivity index (χ3n) is 2.77. The number of nitrogens with two attached hydrogens (primary N) is 1. The first kappa shape index (κ1) is 19.4. The molecule has 0 radical (unpaired) electrons. The van der Waals surface area contributed by atoms with Gasteiger partial charge in [0, 0.05) is 5.56 Å². The Bertz CT molecular complexity index is 454. The molecule has 0 fully saturated rings. The Hall–Kier alpha value is -0.560. The SMILES string of the molecule is CCC[C@@H](O)[C@@H](N)c1c(C(F)(F)F)ccc(Cl)c1F.Cl. The molecular weight excluding hydrogens is 321 g/mol. The fourth-order valence-electron chi connectivity index (χ4n) is 1.81. The van der Waals surface area contributed by atoms with E-state index >= 15 is 0 Å². The first-order chi connectivity index (χ1) is 8.70. The summed E-state index contributed by atoms with van der Waals surface area (Å²) in [4.78, 5) is 0. The number of halogens is 6. The zero-order valence-electron chi connectivity index (χ0n) is 10.5. The molecule has 3 N–H and O–H groups in total. The first-order valence-electron chi connectivity index (χ1n) is 5.68. The highest BCUT2D eigenvalue weighted by atomic mass is 35.5. The molecule has 0 saturated carbocycles. The fourth-order valence-corrected chi connectivity index (χ4v) is 1.97. The number of aliphatic hydroxyl groups is 1.